The molecular formula is C26H23N3O5. The first kappa shape index (κ1) is 21.5. The lowest BCUT2D eigenvalue weighted by atomic mass is 9.96. The van der Waals surface area contributed by atoms with Crippen molar-refractivity contribution >= 4 is 28.8 Å². The van der Waals surface area contributed by atoms with Crippen LogP contribution in [0.3, 0.4) is 0 Å². The van der Waals surface area contributed by atoms with Crippen LogP contribution in [0.2, 0.25) is 0 Å². The number of hydrogen-bond donors (Lipinski definition) is 1. The number of nitrogens with zero attached hydrogens (tertiary/aromatic N) is 3. The molecule has 0 radical (unpaired) electrons. The van der Waals surface area contributed by atoms with Crippen LogP contribution < -0.4 is 19.3 Å². The van der Waals surface area contributed by atoms with Gasteiger partial charge in [-0.1, -0.05) is 6.07 Å². The number of Topliss-reactive ketones (excluding diaryl/α,β-unsaturated/α-hetero) is 1. The summed E-state index contributed by atoms with van der Waals surface area (Å²) in [6, 6.07) is 14.9. The number of rotatable bonds is 4. The number of benzene rings is 2. The number of ketones is 1. The highest BCUT2D eigenvalue weighted by Gasteiger charge is 2.47. The van der Waals surface area contributed by atoms with Gasteiger partial charge >= 0.3 is 0 Å². The number of carbonyl (C=O) groups is 2. The molecule has 3 heterocycles. The number of hydrogen-bond acceptors (Lipinski definition) is 7. The van der Waals surface area contributed by atoms with Gasteiger partial charge in [-0.15, -0.1) is 0 Å². The second-order valence-electron chi connectivity index (χ2n) is 8.22. The van der Waals surface area contributed by atoms with Crippen molar-refractivity contribution in [3.8, 4) is 11.5 Å². The zero-order chi connectivity index (χ0) is 23.8. The van der Waals surface area contributed by atoms with E-state index in [-0.39, 0.29) is 11.3 Å². The lowest BCUT2D eigenvalue weighted by Crippen LogP contribution is -2.29. The van der Waals surface area contributed by atoms with Gasteiger partial charge in [0.05, 0.1) is 11.6 Å². The molecule has 8 heteroatoms. The third-order valence-corrected chi connectivity index (χ3v) is 5.90. The van der Waals surface area contributed by atoms with Gasteiger partial charge < -0.3 is 19.5 Å². The molecule has 172 valence electrons. The number of ether oxygens (including phenoxy) is 2. The Morgan fingerprint density at radius 3 is 2.44 bits per heavy atom. The van der Waals surface area contributed by atoms with Crippen molar-refractivity contribution in [1.82, 2.24) is 4.98 Å². The highest BCUT2D eigenvalue weighted by molar-refractivity contribution is 6.51. The van der Waals surface area contributed by atoms with E-state index in [2.05, 4.69) is 4.98 Å². The molecule has 0 spiro atoms. The molecule has 3 aromatic rings. The average molecular weight is 457 g/mol. The topological polar surface area (TPSA) is 92.2 Å². The van der Waals surface area contributed by atoms with Crippen molar-refractivity contribution in [3.63, 3.8) is 0 Å². The number of aromatic nitrogens is 1. The summed E-state index contributed by atoms with van der Waals surface area (Å²) in [5.74, 6) is -0.727. The fourth-order valence-corrected chi connectivity index (χ4v) is 4.21. The summed E-state index contributed by atoms with van der Waals surface area (Å²) in [4.78, 5) is 34.0. The maximum Gasteiger partial charge on any atom is 0.300 e. The standard InChI is InChI=1S/C26H23N3O5/c1-28(2)18-6-8-19(9-7-18)29-23(17-4-3-11-27-15-17)22(25(31)26(29)32)24(30)16-5-10-20-21(14-16)34-13-12-33-20/h3-11,14-15,23,30H,12-13H2,1-2H3/b24-22-. The number of aliphatic hydroxyl groups excluding tert-OH is 1. The number of pyridine rings is 1. The maximum absolute atomic E-state index is 13.3. The molecule has 0 aliphatic carbocycles. The van der Waals surface area contributed by atoms with Gasteiger partial charge in [-0.05, 0) is 54.1 Å². The number of carbonyl (C=O) groups excluding carboxylic acids is 2. The lowest BCUT2D eigenvalue weighted by molar-refractivity contribution is -0.132. The van der Waals surface area contributed by atoms with Gasteiger partial charge in [-0.25, -0.2) is 0 Å². The molecule has 1 amide bonds. The van der Waals surface area contributed by atoms with Crippen molar-refractivity contribution < 1.29 is 24.2 Å². The Bertz CT molecular complexity index is 1290. The minimum absolute atomic E-state index is 0.00800. The summed E-state index contributed by atoms with van der Waals surface area (Å²) < 4.78 is 11.2. The van der Waals surface area contributed by atoms with Crippen LogP contribution in [-0.2, 0) is 9.59 Å². The first-order valence-electron chi connectivity index (χ1n) is 10.8. The Labute approximate surface area is 196 Å². The number of anilines is 2. The predicted octanol–water partition coefficient (Wildman–Crippen LogP) is 3.55. The van der Waals surface area contributed by atoms with Crippen LogP contribution in [0.1, 0.15) is 17.2 Å². The molecule has 8 nitrogen and oxygen atoms in total. The number of amides is 1. The van der Waals surface area contributed by atoms with Crippen LogP contribution in [0.4, 0.5) is 11.4 Å². The first-order valence-corrected chi connectivity index (χ1v) is 10.8. The Kier molecular flexibility index (Phi) is 5.41. The Morgan fingerprint density at radius 1 is 1.03 bits per heavy atom. The quantitative estimate of drug-likeness (QED) is 0.364. The summed E-state index contributed by atoms with van der Waals surface area (Å²) >= 11 is 0. The fourth-order valence-electron chi connectivity index (χ4n) is 4.21. The minimum Gasteiger partial charge on any atom is -0.507 e. The second-order valence-corrected chi connectivity index (χ2v) is 8.22. The monoisotopic (exact) mass is 457 g/mol. The maximum atomic E-state index is 13.3. The molecule has 1 saturated heterocycles. The van der Waals surface area contributed by atoms with E-state index in [0.717, 1.165) is 5.69 Å². The van der Waals surface area contributed by atoms with Crippen LogP contribution in [0, 0.1) is 0 Å². The van der Waals surface area contributed by atoms with Crippen molar-refractivity contribution in [1.29, 1.82) is 0 Å². The summed E-state index contributed by atoms with van der Waals surface area (Å²) in [6.45, 7) is 0.831. The molecular weight excluding hydrogens is 434 g/mol. The van der Waals surface area contributed by atoms with Crippen LogP contribution in [0.25, 0.3) is 5.76 Å². The summed E-state index contributed by atoms with van der Waals surface area (Å²) in [7, 11) is 3.84. The van der Waals surface area contributed by atoms with Gasteiger partial charge in [-0.2, -0.15) is 0 Å². The third-order valence-electron chi connectivity index (χ3n) is 5.90. The van der Waals surface area contributed by atoms with Gasteiger partial charge in [-0.3, -0.25) is 19.5 Å². The molecule has 2 aliphatic heterocycles. The molecule has 5 rings (SSSR count). The smallest absolute Gasteiger partial charge is 0.300 e. The summed E-state index contributed by atoms with van der Waals surface area (Å²) in [6.07, 6.45) is 3.21. The normalized spacial score (nSPS) is 18.8. The Morgan fingerprint density at radius 2 is 1.76 bits per heavy atom. The number of aliphatic hydroxyl groups is 1. The molecule has 0 saturated carbocycles. The molecule has 2 aromatic carbocycles. The van der Waals surface area contributed by atoms with Crippen molar-refractivity contribution in [2.75, 3.05) is 37.1 Å². The molecule has 1 atom stereocenters. The summed E-state index contributed by atoms with van der Waals surface area (Å²) in [5.41, 5.74) is 2.46. The van der Waals surface area contributed by atoms with E-state index in [1.165, 1.54) is 4.90 Å². The zero-order valence-electron chi connectivity index (χ0n) is 18.8. The van der Waals surface area contributed by atoms with Gasteiger partial charge in [0.2, 0.25) is 0 Å². The number of fused-ring (bicyclic) bond motifs is 1. The zero-order valence-corrected chi connectivity index (χ0v) is 18.8. The molecule has 2 aliphatic rings. The predicted molar refractivity (Wildman–Crippen MR) is 127 cm³/mol. The largest absolute Gasteiger partial charge is 0.507 e. The lowest BCUT2D eigenvalue weighted by Gasteiger charge is -2.26. The van der Waals surface area contributed by atoms with Gasteiger partial charge in [0.25, 0.3) is 11.7 Å². The van der Waals surface area contributed by atoms with Gasteiger partial charge in [0.15, 0.2) is 11.5 Å². The fraction of sp³-hybridized carbons (Fsp3) is 0.192. The summed E-state index contributed by atoms with van der Waals surface area (Å²) in [5, 5.41) is 11.3. The van der Waals surface area contributed by atoms with Crippen LogP contribution in [0.5, 0.6) is 11.5 Å². The molecule has 1 N–H and O–H groups in total. The van der Waals surface area contributed by atoms with E-state index in [0.29, 0.717) is 41.5 Å². The SMILES string of the molecule is CN(C)c1ccc(N2C(=O)C(=O)/C(=C(\O)c3ccc4c(c3)OCCO4)C2c2cccnc2)cc1. The van der Waals surface area contributed by atoms with Gasteiger partial charge in [0.1, 0.15) is 19.0 Å². The minimum atomic E-state index is -0.841. The van der Waals surface area contributed by atoms with E-state index >= 15 is 0 Å². The van der Waals surface area contributed by atoms with E-state index in [4.69, 9.17) is 9.47 Å². The van der Waals surface area contributed by atoms with E-state index < -0.39 is 17.7 Å². The second kappa shape index (κ2) is 8.55. The molecule has 1 aromatic heterocycles. The van der Waals surface area contributed by atoms with Crippen LogP contribution >= 0.6 is 0 Å². The van der Waals surface area contributed by atoms with Crippen LogP contribution in [0.15, 0.2) is 72.6 Å². The van der Waals surface area contributed by atoms with E-state index in [9.17, 15) is 14.7 Å². The van der Waals surface area contributed by atoms with E-state index in [1.54, 1.807) is 54.9 Å². The first-order chi connectivity index (χ1) is 16.5. The van der Waals surface area contributed by atoms with Crippen molar-refractivity contribution in [3.05, 3.63) is 83.7 Å². The Hall–Kier alpha value is -4.33. The molecule has 1 fully saturated rings. The van der Waals surface area contributed by atoms with Gasteiger partial charge in [0, 0.05) is 43.4 Å². The van der Waals surface area contributed by atoms with Crippen molar-refractivity contribution in [2.24, 2.45) is 0 Å². The van der Waals surface area contributed by atoms with Crippen LogP contribution in [-0.4, -0.2) is 49.1 Å². The highest BCUT2D eigenvalue weighted by Crippen LogP contribution is 2.43. The Balaban J connectivity index is 1.65. The molecule has 1 unspecified atom stereocenters. The molecule has 34 heavy (non-hydrogen) atoms. The van der Waals surface area contributed by atoms with E-state index in [1.807, 2.05) is 31.1 Å². The highest BCUT2D eigenvalue weighted by atomic mass is 16.6. The average Bonchev–Trinajstić information content (AvgIpc) is 3.14. The van der Waals surface area contributed by atoms with Crippen molar-refractivity contribution in [2.45, 2.75) is 6.04 Å². The molecule has 0 bridgehead atoms. The third kappa shape index (κ3) is 3.63.